The lowest BCUT2D eigenvalue weighted by molar-refractivity contribution is 0.0940. The average molecular weight is 448 g/mol. The summed E-state index contributed by atoms with van der Waals surface area (Å²) < 4.78 is 27.0. The van der Waals surface area contributed by atoms with Crippen molar-refractivity contribution in [2.24, 2.45) is 5.92 Å². The summed E-state index contributed by atoms with van der Waals surface area (Å²) in [6.07, 6.45) is 3.72. The molecule has 0 aromatic heterocycles. The minimum atomic E-state index is -2.57. The van der Waals surface area contributed by atoms with Gasteiger partial charge in [-0.3, -0.25) is 4.79 Å². The molecule has 3 aliphatic rings. The van der Waals surface area contributed by atoms with Gasteiger partial charge in [-0.25, -0.2) is 8.78 Å². The molecule has 1 aliphatic heterocycles. The number of fused-ring (bicyclic) bond motifs is 1. The molecule has 1 heterocycles. The fraction of sp³-hybridized carbons (Fsp3) is 0.545. The van der Waals surface area contributed by atoms with E-state index in [0.29, 0.717) is 0 Å². The summed E-state index contributed by atoms with van der Waals surface area (Å²) in [4.78, 5) is 13.5. The van der Waals surface area contributed by atoms with Crippen LogP contribution in [0, 0.1) is 5.92 Å². The van der Waals surface area contributed by atoms with Crippen LogP contribution in [-0.4, -0.2) is 32.7 Å². The van der Waals surface area contributed by atoms with Crippen molar-refractivity contribution in [1.82, 2.24) is 4.90 Å². The Hall–Kier alpha value is 0.370. The largest absolute Gasteiger partial charge is 0.305 e. The van der Waals surface area contributed by atoms with Crippen LogP contribution in [0.25, 0.3) is 0 Å². The van der Waals surface area contributed by atoms with Gasteiger partial charge in [-0.1, -0.05) is 27.7 Å². The molecule has 18 heavy (non-hydrogen) atoms. The van der Waals surface area contributed by atoms with Crippen LogP contribution in [0.4, 0.5) is 13.6 Å². The predicted molar refractivity (Wildman–Crippen MR) is 79.4 cm³/mol. The third-order valence-electron chi connectivity index (χ3n) is 3.35. The predicted octanol–water partition coefficient (Wildman–Crippen LogP) is 4.16. The standard InChI is InChI=1S/C11H9BrF2INOS/c12-8-6(15)1-2-7-9(8)18-10(17)16(7)4-5-3-11(5,13)14/h1-2,5,8-9H,3-4H2/t5?,8?,9-/m0/s1. The molecule has 98 valence electrons. The SMILES string of the molecule is O=C1S[C@H]2C(=CC=C(I)C2Br)N1CC1CC1(F)F. The molecule has 7 heteroatoms. The van der Waals surface area contributed by atoms with Gasteiger partial charge in [0.15, 0.2) is 0 Å². The highest BCUT2D eigenvalue weighted by Crippen LogP contribution is 2.52. The molecule has 3 atom stereocenters. The van der Waals surface area contributed by atoms with Crippen molar-refractivity contribution in [3.63, 3.8) is 0 Å². The Labute approximate surface area is 129 Å². The summed E-state index contributed by atoms with van der Waals surface area (Å²) >= 11 is 7.00. The number of thioether (sulfide) groups is 1. The first-order valence-corrected chi connectivity index (χ1v) is 8.35. The van der Waals surface area contributed by atoms with Gasteiger partial charge in [-0.15, -0.1) is 0 Å². The van der Waals surface area contributed by atoms with Crippen molar-refractivity contribution in [3.05, 3.63) is 21.4 Å². The first-order valence-electron chi connectivity index (χ1n) is 5.47. The van der Waals surface area contributed by atoms with E-state index in [0.717, 1.165) is 9.28 Å². The Bertz CT molecular complexity index is 482. The van der Waals surface area contributed by atoms with Crippen molar-refractivity contribution >= 4 is 55.5 Å². The summed E-state index contributed by atoms with van der Waals surface area (Å²) in [5.74, 6) is -3.24. The first-order chi connectivity index (χ1) is 8.40. The van der Waals surface area contributed by atoms with Crippen LogP contribution in [0.2, 0.25) is 0 Å². The number of hydrogen-bond donors (Lipinski definition) is 0. The fourth-order valence-electron chi connectivity index (χ4n) is 2.16. The number of rotatable bonds is 2. The molecule has 2 aliphatic carbocycles. The monoisotopic (exact) mass is 447 g/mol. The molecule has 0 N–H and O–H groups in total. The van der Waals surface area contributed by atoms with Gasteiger partial charge in [0.2, 0.25) is 0 Å². The normalized spacial score (nSPS) is 37.2. The average Bonchev–Trinajstić information content (AvgIpc) is 2.76. The minimum absolute atomic E-state index is 0.0155. The molecular weight excluding hydrogens is 439 g/mol. The summed E-state index contributed by atoms with van der Waals surface area (Å²) in [5.41, 5.74) is 0.856. The van der Waals surface area contributed by atoms with E-state index in [2.05, 4.69) is 38.5 Å². The maximum atomic E-state index is 13.0. The van der Waals surface area contributed by atoms with Crippen LogP contribution in [0.3, 0.4) is 0 Å². The Morgan fingerprint density at radius 1 is 1.56 bits per heavy atom. The quantitative estimate of drug-likeness (QED) is 0.468. The van der Waals surface area contributed by atoms with Crippen LogP contribution in [-0.2, 0) is 0 Å². The summed E-state index contributed by atoms with van der Waals surface area (Å²) in [6.45, 7) is 0.144. The lowest BCUT2D eigenvalue weighted by Crippen LogP contribution is -2.30. The number of allylic oxidation sites excluding steroid dienone is 3. The summed E-state index contributed by atoms with van der Waals surface area (Å²) in [5, 5.41) is -0.0975. The smallest absolute Gasteiger partial charge is 0.286 e. The molecule has 0 aromatic rings. The van der Waals surface area contributed by atoms with Gasteiger partial charge in [0.05, 0.1) is 10.1 Å². The van der Waals surface area contributed by atoms with Gasteiger partial charge in [0.25, 0.3) is 11.2 Å². The van der Waals surface area contributed by atoms with Crippen LogP contribution in [0.5, 0.6) is 0 Å². The van der Waals surface area contributed by atoms with Crippen molar-refractivity contribution in [1.29, 1.82) is 0 Å². The molecular formula is C11H9BrF2INOS. The highest BCUT2D eigenvalue weighted by Gasteiger charge is 2.58. The zero-order valence-electron chi connectivity index (χ0n) is 9.08. The summed E-state index contributed by atoms with van der Waals surface area (Å²) in [6, 6.07) is 0. The van der Waals surface area contributed by atoms with E-state index in [-0.39, 0.29) is 28.3 Å². The molecule has 1 saturated heterocycles. The van der Waals surface area contributed by atoms with Gasteiger partial charge in [0.1, 0.15) is 0 Å². The van der Waals surface area contributed by atoms with Crippen LogP contribution >= 0.6 is 50.3 Å². The molecule has 1 amide bonds. The number of carbonyl (C=O) groups excluding carboxylic acids is 1. The van der Waals surface area contributed by atoms with E-state index >= 15 is 0 Å². The molecule has 0 radical (unpaired) electrons. The second-order valence-corrected chi connectivity index (χ2v) is 7.95. The maximum Gasteiger partial charge on any atom is 0.286 e. The number of halogens is 4. The zero-order chi connectivity index (χ0) is 13.1. The molecule has 2 fully saturated rings. The van der Waals surface area contributed by atoms with E-state index in [1.54, 1.807) is 0 Å². The fourth-order valence-corrected chi connectivity index (χ4v) is 4.80. The van der Waals surface area contributed by atoms with Gasteiger partial charge < -0.3 is 4.90 Å². The third-order valence-corrected chi connectivity index (χ3v) is 7.80. The van der Waals surface area contributed by atoms with E-state index in [9.17, 15) is 13.6 Å². The molecule has 0 spiro atoms. The number of carbonyl (C=O) groups is 1. The van der Waals surface area contributed by atoms with E-state index in [1.807, 2.05) is 12.2 Å². The Morgan fingerprint density at radius 3 is 2.83 bits per heavy atom. The molecule has 3 rings (SSSR count). The molecule has 2 unspecified atom stereocenters. The highest BCUT2D eigenvalue weighted by atomic mass is 127. The Kier molecular flexibility index (Phi) is 3.30. The second-order valence-electron chi connectivity index (χ2n) is 4.62. The van der Waals surface area contributed by atoms with Crippen LogP contribution in [0.1, 0.15) is 6.42 Å². The summed E-state index contributed by atoms with van der Waals surface area (Å²) in [7, 11) is 0. The number of alkyl halides is 3. The second kappa shape index (κ2) is 4.44. The number of amides is 1. The lowest BCUT2D eigenvalue weighted by atomic mass is 10.1. The zero-order valence-corrected chi connectivity index (χ0v) is 13.6. The maximum absolute atomic E-state index is 13.0. The molecule has 0 aromatic carbocycles. The number of hydrogen-bond acceptors (Lipinski definition) is 2. The van der Waals surface area contributed by atoms with E-state index in [1.165, 1.54) is 16.7 Å². The van der Waals surface area contributed by atoms with Crippen LogP contribution in [0.15, 0.2) is 21.4 Å². The topological polar surface area (TPSA) is 20.3 Å². The molecule has 1 saturated carbocycles. The van der Waals surface area contributed by atoms with Crippen molar-refractivity contribution in [3.8, 4) is 0 Å². The highest BCUT2D eigenvalue weighted by molar-refractivity contribution is 14.1. The van der Waals surface area contributed by atoms with Gasteiger partial charge in [-0.2, -0.15) is 0 Å². The molecule has 0 bridgehead atoms. The first kappa shape index (κ1) is 13.4. The van der Waals surface area contributed by atoms with Gasteiger partial charge >= 0.3 is 0 Å². The van der Waals surface area contributed by atoms with Gasteiger partial charge in [-0.05, 0) is 34.7 Å². The third kappa shape index (κ3) is 2.15. The number of nitrogens with zero attached hydrogens (tertiary/aromatic N) is 1. The van der Waals surface area contributed by atoms with Gasteiger partial charge in [0, 0.05) is 28.2 Å². The Balaban J connectivity index is 1.81. The lowest BCUT2D eigenvalue weighted by Gasteiger charge is -2.24. The molecule has 2 nitrogen and oxygen atoms in total. The van der Waals surface area contributed by atoms with E-state index in [4.69, 9.17) is 0 Å². The van der Waals surface area contributed by atoms with E-state index < -0.39 is 11.8 Å². The van der Waals surface area contributed by atoms with Crippen molar-refractivity contribution in [2.75, 3.05) is 6.54 Å². The van der Waals surface area contributed by atoms with Crippen molar-refractivity contribution < 1.29 is 13.6 Å². The van der Waals surface area contributed by atoms with Crippen LogP contribution < -0.4 is 0 Å². The van der Waals surface area contributed by atoms with Crippen molar-refractivity contribution in [2.45, 2.75) is 22.4 Å². The minimum Gasteiger partial charge on any atom is -0.305 e. The Morgan fingerprint density at radius 2 is 2.22 bits per heavy atom.